The topological polar surface area (TPSA) is 81.8 Å². The van der Waals surface area contributed by atoms with Crippen molar-refractivity contribution in [1.82, 2.24) is 0 Å². The van der Waals surface area contributed by atoms with Gasteiger partial charge in [0, 0.05) is 16.7 Å². The fraction of sp³-hybridized carbons (Fsp3) is 0.316. The summed E-state index contributed by atoms with van der Waals surface area (Å²) in [6.45, 7) is 6.11. The maximum atomic E-state index is 11.2. The van der Waals surface area contributed by atoms with Crippen LogP contribution < -0.4 is 15.2 Å². The first-order chi connectivity index (χ1) is 11.3. The number of methoxy groups -OCH3 is 1. The molecule has 2 aromatic carbocycles. The van der Waals surface area contributed by atoms with Gasteiger partial charge in [-0.25, -0.2) is 4.79 Å². The Morgan fingerprint density at radius 2 is 1.83 bits per heavy atom. The molecule has 2 rings (SSSR count). The number of para-hydroxylation sites is 1. The molecule has 0 saturated carbocycles. The van der Waals surface area contributed by atoms with Crippen LogP contribution in [0.2, 0.25) is 0 Å². The summed E-state index contributed by atoms with van der Waals surface area (Å²) in [5, 5.41) is 9.74. The van der Waals surface area contributed by atoms with Gasteiger partial charge >= 0.3 is 6.09 Å². The Bertz CT molecular complexity index is 748. The number of hydrogen-bond donors (Lipinski definition) is 2. The van der Waals surface area contributed by atoms with E-state index < -0.39 is 6.09 Å². The molecule has 0 radical (unpaired) electrons. The summed E-state index contributed by atoms with van der Waals surface area (Å²) in [6.07, 6.45) is -0.879. The smallest absolute Gasteiger partial charge is 0.409 e. The van der Waals surface area contributed by atoms with Gasteiger partial charge in [-0.05, 0) is 29.2 Å². The molecule has 2 aromatic rings. The highest BCUT2D eigenvalue weighted by Gasteiger charge is 2.22. The number of benzene rings is 2. The summed E-state index contributed by atoms with van der Waals surface area (Å²) < 4.78 is 10.6. The first kappa shape index (κ1) is 17.8. The number of rotatable bonds is 4. The number of carbonyl (C=O) groups is 1. The molecular formula is C19H23NO4. The van der Waals surface area contributed by atoms with Crippen molar-refractivity contribution >= 4 is 6.09 Å². The van der Waals surface area contributed by atoms with Gasteiger partial charge in [0.1, 0.15) is 11.5 Å². The summed E-state index contributed by atoms with van der Waals surface area (Å²) in [6, 6.07) is 11.0. The average Bonchev–Trinajstić information content (AvgIpc) is 2.52. The standard InChI is InChI=1S/C19H23NO4/c1-19(2,3)13-9-12(11-21)17(23-4)15(10-13)14-7-5-6-8-16(14)24-18(20)22/h5-10,21H,11H2,1-4H3,(H2,20,22). The zero-order valence-corrected chi connectivity index (χ0v) is 14.4. The molecule has 0 heterocycles. The van der Waals surface area contributed by atoms with Crippen LogP contribution in [0, 0.1) is 0 Å². The molecule has 0 aliphatic rings. The second-order valence-electron chi connectivity index (χ2n) is 6.54. The van der Waals surface area contributed by atoms with Crippen LogP contribution in [-0.4, -0.2) is 18.3 Å². The van der Waals surface area contributed by atoms with Crippen molar-refractivity contribution < 1.29 is 19.4 Å². The van der Waals surface area contributed by atoms with Crippen LogP contribution in [0.5, 0.6) is 11.5 Å². The second kappa shape index (κ2) is 6.93. The highest BCUT2D eigenvalue weighted by atomic mass is 16.5. The number of aliphatic hydroxyl groups excluding tert-OH is 1. The molecule has 5 nitrogen and oxygen atoms in total. The predicted molar refractivity (Wildman–Crippen MR) is 93.3 cm³/mol. The van der Waals surface area contributed by atoms with Crippen LogP contribution in [0.1, 0.15) is 31.9 Å². The van der Waals surface area contributed by atoms with E-state index in [0.717, 1.165) is 11.1 Å². The van der Waals surface area contributed by atoms with Crippen molar-refractivity contribution in [3.8, 4) is 22.6 Å². The number of primary amides is 1. The highest BCUT2D eigenvalue weighted by molar-refractivity contribution is 5.81. The number of amides is 1. The molecule has 0 saturated heterocycles. The number of ether oxygens (including phenoxy) is 2. The van der Waals surface area contributed by atoms with E-state index in [1.807, 2.05) is 24.3 Å². The fourth-order valence-electron chi connectivity index (χ4n) is 2.57. The minimum Gasteiger partial charge on any atom is -0.496 e. The van der Waals surface area contributed by atoms with Crippen molar-refractivity contribution in [2.24, 2.45) is 5.73 Å². The molecular weight excluding hydrogens is 306 g/mol. The first-order valence-corrected chi connectivity index (χ1v) is 7.67. The normalized spacial score (nSPS) is 11.2. The molecule has 128 valence electrons. The van der Waals surface area contributed by atoms with Gasteiger partial charge in [0.05, 0.1) is 13.7 Å². The number of hydrogen-bond acceptors (Lipinski definition) is 4. The lowest BCUT2D eigenvalue weighted by Gasteiger charge is -2.23. The Morgan fingerprint density at radius 3 is 2.38 bits per heavy atom. The van der Waals surface area contributed by atoms with E-state index >= 15 is 0 Å². The van der Waals surface area contributed by atoms with E-state index in [4.69, 9.17) is 15.2 Å². The molecule has 0 spiro atoms. The van der Waals surface area contributed by atoms with Gasteiger partial charge in [0.25, 0.3) is 0 Å². The third-order valence-electron chi connectivity index (χ3n) is 3.79. The SMILES string of the molecule is COc1c(CO)cc(C(C)(C)C)cc1-c1ccccc1OC(N)=O. The molecule has 0 aliphatic heterocycles. The Morgan fingerprint density at radius 1 is 1.17 bits per heavy atom. The Hall–Kier alpha value is -2.53. The summed E-state index contributed by atoms with van der Waals surface area (Å²) in [5.74, 6) is 0.893. The first-order valence-electron chi connectivity index (χ1n) is 7.67. The molecule has 0 fully saturated rings. The summed E-state index contributed by atoms with van der Waals surface area (Å²) in [4.78, 5) is 11.2. The lowest BCUT2D eigenvalue weighted by molar-refractivity contribution is 0.211. The molecule has 0 aromatic heterocycles. The Kier molecular flexibility index (Phi) is 5.14. The molecule has 5 heteroatoms. The Balaban J connectivity index is 2.75. The fourth-order valence-corrected chi connectivity index (χ4v) is 2.57. The number of aliphatic hydroxyl groups is 1. The van der Waals surface area contributed by atoms with E-state index in [-0.39, 0.29) is 12.0 Å². The molecule has 0 atom stereocenters. The minimum absolute atomic E-state index is 0.121. The van der Waals surface area contributed by atoms with Crippen molar-refractivity contribution in [2.45, 2.75) is 32.8 Å². The molecule has 0 bridgehead atoms. The maximum absolute atomic E-state index is 11.2. The minimum atomic E-state index is -0.879. The van der Waals surface area contributed by atoms with E-state index in [1.165, 1.54) is 0 Å². The van der Waals surface area contributed by atoms with Crippen LogP contribution in [-0.2, 0) is 12.0 Å². The molecule has 0 aliphatic carbocycles. The van der Waals surface area contributed by atoms with Gasteiger partial charge in [-0.1, -0.05) is 39.0 Å². The zero-order valence-electron chi connectivity index (χ0n) is 14.4. The van der Waals surface area contributed by atoms with Crippen molar-refractivity contribution in [3.05, 3.63) is 47.5 Å². The summed E-state index contributed by atoms with van der Waals surface area (Å²) in [7, 11) is 1.55. The van der Waals surface area contributed by atoms with Gasteiger partial charge in [-0.15, -0.1) is 0 Å². The van der Waals surface area contributed by atoms with Gasteiger partial charge in [0.2, 0.25) is 0 Å². The van der Waals surface area contributed by atoms with E-state index in [2.05, 4.69) is 20.8 Å². The quantitative estimate of drug-likeness (QED) is 0.898. The Labute approximate surface area is 142 Å². The molecule has 3 N–H and O–H groups in total. The van der Waals surface area contributed by atoms with Crippen LogP contribution in [0.3, 0.4) is 0 Å². The second-order valence-corrected chi connectivity index (χ2v) is 6.54. The van der Waals surface area contributed by atoms with Crippen molar-refractivity contribution in [2.75, 3.05) is 7.11 Å². The van der Waals surface area contributed by atoms with Gasteiger partial charge in [0.15, 0.2) is 0 Å². The third-order valence-corrected chi connectivity index (χ3v) is 3.79. The zero-order chi connectivity index (χ0) is 17.9. The summed E-state index contributed by atoms with van der Waals surface area (Å²) >= 11 is 0. The molecule has 1 amide bonds. The molecule has 0 unspecified atom stereocenters. The maximum Gasteiger partial charge on any atom is 0.409 e. The van der Waals surface area contributed by atoms with Crippen LogP contribution in [0.4, 0.5) is 4.79 Å². The predicted octanol–water partition coefficient (Wildman–Crippen LogP) is 3.61. The van der Waals surface area contributed by atoms with Crippen LogP contribution >= 0.6 is 0 Å². The van der Waals surface area contributed by atoms with Gasteiger partial charge < -0.3 is 20.3 Å². The number of carbonyl (C=O) groups excluding carboxylic acids is 1. The number of nitrogens with two attached hydrogens (primary N) is 1. The van der Waals surface area contributed by atoms with Crippen LogP contribution in [0.15, 0.2) is 36.4 Å². The average molecular weight is 329 g/mol. The lowest BCUT2D eigenvalue weighted by Crippen LogP contribution is -2.17. The van der Waals surface area contributed by atoms with E-state index in [1.54, 1.807) is 19.2 Å². The van der Waals surface area contributed by atoms with Crippen molar-refractivity contribution in [3.63, 3.8) is 0 Å². The third kappa shape index (κ3) is 3.68. The van der Waals surface area contributed by atoms with Gasteiger partial charge in [-0.2, -0.15) is 0 Å². The van der Waals surface area contributed by atoms with Crippen molar-refractivity contribution in [1.29, 1.82) is 0 Å². The summed E-state index contributed by atoms with van der Waals surface area (Å²) in [5.41, 5.74) is 8.17. The highest BCUT2D eigenvalue weighted by Crippen LogP contribution is 2.41. The molecule has 24 heavy (non-hydrogen) atoms. The lowest BCUT2D eigenvalue weighted by atomic mass is 9.83. The largest absolute Gasteiger partial charge is 0.496 e. The van der Waals surface area contributed by atoms with E-state index in [9.17, 15) is 9.90 Å². The van der Waals surface area contributed by atoms with Crippen LogP contribution in [0.25, 0.3) is 11.1 Å². The van der Waals surface area contributed by atoms with E-state index in [0.29, 0.717) is 22.6 Å². The monoisotopic (exact) mass is 329 g/mol. The van der Waals surface area contributed by atoms with Gasteiger partial charge in [-0.3, -0.25) is 0 Å².